The molecule has 0 spiro atoms. The summed E-state index contributed by atoms with van der Waals surface area (Å²) in [6, 6.07) is 1.29. The van der Waals surface area contributed by atoms with Crippen LogP contribution in [0.3, 0.4) is 0 Å². The van der Waals surface area contributed by atoms with E-state index in [4.69, 9.17) is 4.74 Å². The molecule has 0 amide bonds. The first-order valence-corrected chi connectivity index (χ1v) is 7.27. The number of piperazine rings is 1. The van der Waals surface area contributed by atoms with Crippen LogP contribution in [-0.4, -0.2) is 50.3 Å². The third-order valence-electron chi connectivity index (χ3n) is 4.49. The van der Waals surface area contributed by atoms with Crippen LogP contribution < -0.4 is 5.32 Å². The Labute approximate surface area is 106 Å². The molecule has 0 radical (unpaired) electrons. The molecule has 1 N–H and O–H groups in total. The summed E-state index contributed by atoms with van der Waals surface area (Å²) in [5.41, 5.74) is 0. The lowest BCUT2D eigenvalue weighted by molar-refractivity contribution is 0.0640. The van der Waals surface area contributed by atoms with Crippen molar-refractivity contribution in [3.05, 3.63) is 0 Å². The molecule has 3 heteroatoms. The minimum atomic E-state index is 0.563. The number of hydrogen-bond acceptors (Lipinski definition) is 3. The molecule has 0 bridgehead atoms. The van der Waals surface area contributed by atoms with E-state index in [2.05, 4.69) is 17.1 Å². The number of nitrogens with zero attached hydrogens (tertiary/aromatic N) is 1. The SMILES string of the molecule is COCC(C)N1CCNC(C2CCCCC2)C1. The van der Waals surface area contributed by atoms with Crippen molar-refractivity contribution >= 4 is 0 Å². The van der Waals surface area contributed by atoms with E-state index >= 15 is 0 Å². The van der Waals surface area contributed by atoms with Crippen LogP contribution in [0.2, 0.25) is 0 Å². The van der Waals surface area contributed by atoms with Crippen molar-refractivity contribution in [1.82, 2.24) is 10.2 Å². The highest BCUT2D eigenvalue weighted by Gasteiger charge is 2.29. The first-order valence-electron chi connectivity index (χ1n) is 7.27. The molecular weight excluding hydrogens is 212 g/mol. The summed E-state index contributed by atoms with van der Waals surface area (Å²) in [6.45, 7) is 6.68. The number of rotatable bonds is 4. The first-order chi connectivity index (χ1) is 8.31. The fraction of sp³-hybridized carbons (Fsp3) is 1.00. The molecule has 2 atom stereocenters. The maximum Gasteiger partial charge on any atom is 0.0615 e. The lowest BCUT2D eigenvalue weighted by atomic mass is 9.83. The molecule has 2 aliphatic rings. The van der Waals surface area contributed by atoms with Crippen LogP contribution in [-0.2, 0) is 4.74 Å². The van der Waals surface area contributed by atoms with Crippen molar-refractivity contribution in [1.29, 1.82) is 0 Å². The predicted octanol–water partition coefficient (Wildman–Crippen LogP) is 1.88. The van der Waals surface area contributed by atoms with Crippen LogP contribution in [0, 0.1) is 5.92 Å². The summed E-state index contributed by atoms with van der Waals surface area (Å²) >= 11 is 0. The normalized spacial score (nSPS) is 30.4. The van der Waals surface area contributed by atoms with Crippen molar-refractivity contribution in [3.63, 3.8) is 0 Å². The second kappa shape index (κ2) is 6.72. The fourth-order valence-corrected chi connectivity index (χ4v) is 3.40. The van der Waals surface area contributed by atoms with Gasteiger partial charge in [-0.2, -0.15) is 0 Å². The smallest absolute Gasteiger partial charge is 0.0615 e. The second-order valence-electron chi connectivity index (χ2n) is 5.76. The van der Waals surface area contributed by atoms with Crippen molar-refractivity contribution in [2.75, 3.05) is 33.4 Å². The predicted molar refractivity (Wildman–Crippen MR) is 71.3 cm³/mol. The molecule has 2 unspecified atom stereocenters. The molecule has 1 saturated heterocycles. The molecule has 100 valence electrons. The van der Waals surface area contributed by atoms with Gasteiger partial charge in [0.1, 0.15) is 0 Å². The van der Waals surface area contributed by atoms with E-state index in [1.54, 1.807) is 7.11 Å². The van der Waals surface area contributed by atoms with E-state index in [1.165, 1.54) is 45.2 Å². The van der Waals surface area contributed by atoms with Crippen LogP contribution in [0.25, 0.3) is 0 Å². The van der Waals surface area contributed by atoms with Gasteiger partial charge in [-0.3, -0.25) is 4.90 Å². The minimum Gasteiger partial charge on any atom is -0.383 e. The Balaban J connectivity index is 1.83. The molecule has 1 heterocycles. The molecule has 0 aromatic heterocycles. The molecule has 2 rings (SSSR count). The summed E-state index contributed by atoms with van der Waals surface area (Å²) in [7, 11) is 1.80. The molecule has 2 fully saturated rings. The van der Waals surface area contributed by atoms with Gasteiger partial charge in [-0.15, -0.1) is 0 Å². The van der Waals surface area contributed by atoms with Crippen LogP contribution >= 0.6 is 0 Å². The highest BCUT2D eigenvalue weighted by molar-refractivity contribution is 4.87. The van der Waals surface area contributed by atoms with Gasteiger partial charge in [-0.25, -0.2) is 0 Å². The average Bonchev–Trinajstić information content (AvgIpc) is 2.40. The highest BCUT2D eigenvalue weighted by atomic mass is 16.5. The van der Waals surface area contributed by atoms with Gasteiger partial charge in [0.2, 0.25) is 0 Å². The van der Waals surface area contributed by atoms with E-state index < -0.39 is 0 Å². The fourth-order valence-electron chi connectivity index (χ4n) is 3.40. The van der Waals surface area contributed by atoms with E-state index in [-0.39, 0.29) is 0 Å². The van der Waals surface area contributed by atoms with Crippen LogP contribution in [0.15, 0.2) is 0 Å². The lowest BCUT2D eigenvalue weighted by Crippen LogP contribution is -2.56. The number of hydrogen-bond donors (Lipinski definition) is 1. The Morgan fingerprint density at radius 1 is 1.29 bits per heavy atom. The van der Waals surface area contributed by atoms with Crippen molar-refractivity contribution in [3.8, 4) is 0 Å². The number of nitrogens with one attached hydrogen (secondary N) is 1. The monoisotopic (exact) mass is 240 g/mol. The Bertz CT molecular complexity index is 216. The van der Waals surface area contributed by atoms with Gasteiger partial charge in [-0.05, 0) is 25.7 Å². The van der Waals surface area contributed by atoms with Crippen LogP contribution in [0.1, 0.15) is 39.0 Å². The highest BCUT2D eigenvalue weighted by Crippen LogP contribution is 2.27. The zero-order valence-electron chi connectivity index (χ0n) is 11.5. The van der Waals surface area contributed by atoms with Gasteiger partial charge in [0, 0.05) is 38.8 Å². The topological polar surface area (TPSA) is 24.5 Å². The second-order valence-corrected chi connectivity index (χ2v) is 5.76. The molecule has 1 aliphatic heterocycles. The minimum absolute atomic E-state index is 0.563. The quantitative estimate of drug-likeness (QED) is 0.812. The molecule has 1 aliphatic carbocycles. The van der Waals surface area contributed by atoms with Gasteiger partial charge in [0.05, 0.1) is 6.61 Å². The largest absolute Gasteiger partial charge is 0.383 e. The summed E-state index contributed by atoms with van der Waals surface area (Å²) < 4.78 is 5.28. The summed E-state index contributed by atoms with van der Waals surface area (Å²) in [6.07, 6.45) is 7.20. The zero-order chi connectivity index (χ0) is 12.1. The van der Waals surface area contributed by atoms with Gasteiger partial charge < -0.3 is 10.1 Å². The van der Waals surface area contributed by atoms with Gasteiger partial charge in [0.25, 0.3) is 0 Å². The third-order valence-corrected chi connectivity index (χ3v) is 4.49. The average molecular weight is 240 g/mol. The molecule has 0 aromatic rings. The summed E-state index contributed by atoms with van der Waals surface area (Å²) in [5, 5.41) is 3.73. The molecule has 3 nitrogen and oxygen atoms in total. The molecule has 17 heavy (non-hydrogen) atoms. The Morgan fingerprint density at radius 2 is 2.06 bits per heavy atom. The van der Waals surface area contributed by atoms with E-state index in [0.717, 1.165) is 25.1 Å². The van der Waals surface area contributed by atoms with Crippen molar-refractivity contribution in [2.45, 2.75) is 51.1 Å². The van der Waals surface area contributed by atoms with E-state index in [1.807, 2.05) is 0 Å². The van der Waals surface area contributed by atoms with Crippen molar-refractivity contribution in [2.24, 2.45) is 5.92 Å². The van der Waals surface area contributed by atoms with E-state index in [0.29, 0.717) is 6.04 Å². The maximum absolute atomic E-state index is 5.28. The molecule has 0 aromatic carbocycles. The van der Waals surface area contributed by atoms with Crippen LogP contribution in [0.5, 0.6) is 0 Å². The first kappa shape index (κ1) is 13.3. The van der Waals surface area contributed by atoms with Crippen LogP contribution in [0.4, 0.5) is 0 Å². The summed E-state index contributed by atoms with van der Waals surface area (Å²) in [5.74, 6) is 0.918. The summed E-state index contributed by atoms with van der Waals surface area (Å²) in [4.78, 5) is 2.60. The Kier molecular flexibility index (Phi) is 5.26. The van der Waals surface area contributed by atoms with Gasteiger partial charge >= 0.3 is 0 Å². The molecular formula is C14H28N2O. The Morgan fingerprint density at radius 3 is 2.76 bits per heavy atom. The molecule has 1 saturated carbocycles. The Hall–Kier alpha value is -0.120. The zero-order valence-corrected chi connectivity index (χ0v) is 11.5. The van der Waals surface area contributed by atoms with Crippen molar-refractivity contribution < 1.29 is 4.74 Å². The van der Waals surface area contributed by atoms with E-state index in [9.17, 15) is 0 Å². The number of methoxy groups -OCH3 is 1. The maximum atomic E-state index is 5.28. The number of ether oxygens (including phenoxy) is 1. The van der Waals surface area contributed by atoms with Gasteiger partial charge in [-0.1, -0.05) is 19.3 Å². The van der Waals surface area contributed by atoms with Gasteiger partial charge in [0.15, 0.2) is 0 Å². The lowest BCUT2D eigenvalue weighted by Gasteiger charge is -2.41. The third kappa shape index (κ3) is 3.67. The standard InChI is InChI=1S/C14H28N2O/c1-12(11-17-2)16-9-8-15-14(10-16)13-6-4-3-5-7-13/h12-15H,3-11H2,1-2H3.